The molecule has 0 aromatic carbocycles. The second-order valence-corrected chi connectivity index (χ2v) is 1.78. The highest BCUT2D eigenvalue weighted by Gasteiger charge is 2.11. The normalized spacial score (nSPS) is 9.20. The summed E-state index contributed by atoms with van der Waals surface area (Å²) < 4.78 is 0. The Morgan fingerprint density at radius 3 is 2.60 bits per heavy atom. The Balaban J connectivity index is 2.88. The number of carbonyl (C=O) groups is 2. The number of rotatable bonds is 2. The number of Topliss-reactive ketones (excluding diaryl/α,β-unsaturated/α-hetero) is 1. The molecule has 4 heteroatoms. The van der Waals surface area contributed by atoms with Crippen molar-refractivity contribution in [1.82, 2.24) is 4.98 Å². The Labute approximate surface area is 57.0 Å². The quantitative estimate of drug-likeness (QED) is 0.434. The average molecular weight is 138 g/mol. The fraction of sp³-hybridized carbons (Fsp3) is 0. The van der Waals surface area contributed by atoms with E-state index in [1.165, 1.54) is 6.07 Å². The number of nitrogens with two attached hydrogens (primary N) is 1. The lowest BCUT2D eigenvalue weighted by molar-refractivity contribution is -0.114. The van der Waals surface area contributed by atoms with Crippen molar-refractivity contribution >= 4 is 11.7 Å². The van der Waals surface area contributed by atoms with E-state index < -0.39 is 11.7 Å². The second-order valence-electron chi connectivity index (χ2n) is 1.78. The number of ketones is 1. The maximum Gasteiger partial charge on any atom is 0.291 e. The summed E-state index contributed by atoms with van der Waals surface area (Å²) in [7, 11) is 0. The molecular weight excluding hydrogens is 132 g/mol. The predicted molar refractivity (Wildman–Crippen MR) is 34.3 cm³/mol. The highest BCUT2D eigenvalue weighted by atomic mass is 16.2. The number of aromatic amines is 1. The minimum absolute atomic E-state index is 0.229. The minimum atomic E-state index is -0.942. The zero-order chi connectivity index (χ0) is 7.56. The maximum atomic E-state index is 10.7. The van der Waals surface area contributed by atoms with Crippen molar-refractivity contribution in [3.63, 3.8) is 0 Å². The lowest BCUT2D eigenvalue weighted by Gasteiger charge is -1.87. The van der Waals surface area contributed by atoms with Gasteiger partial charge in [-0.25, -0.2) is 0 Å². The van der Waals surface area contributed by atoms with Crippen molar-refractivity contribution in [2.45, 2.75) is 0 Å². The molecular formula is C6H6N2O2. The van der Waals surface area contributed by atoms with Gasteiger partial charge >= 0.3 is 0 Å². The molecule has 0 fully saturated rings. The van der Waals surface area contributed by atoms with Crippen molar-refractivity contribution in [1.29, 1.82) is 0 Å². The van der Waals surface area contributed by atoms with Gasteiger partial charge in [0.05, 0.1) is 5.69 Å². The third-order valence-corrected chi connectivity index (χ3v) is 1.07. The van der Waals surface area contributed by atoms with Crippen LogP contribution in [-0.2, 0) is 4.79 Å². The van der Waals surface area contributed by atoms with Crippen LogP contribution in [0.25, 0.3) is 0 Å². The molecule has 4 nitrogen and oxygen atoms in total. The summed E-state index contributed by atoms with van der Waals surface area (Å²) in [6, 6.07) is 3.11. The fourth-order valence-electron chi connectivity index (χ4n) is 0.604. The van der Waals surface area contributed by atoms with Gasteiger partial charge in [-0.2, -0.15) is 0 Å². The molecule has 0 aliphatic heterocycles. The lowest BCUT2D eigenvalue weighted by atomic mass is 10.3. The molecule has 0 unspecified atom stereocenters. The summed E-state index contributed by atoms with van der Waals surface area (Å²) in [5, 5.41) is 0. The third kappa shape index (κ3) is 1.05. The smallest absolute Gasteiger partial charge is 0.291 e. The van der Waals surface area contributed by atoms with Crippen molar-refractivity contribution in [2.24, 2.45) is 5.73 Å². The van der Waals surface area contributed by atoms with E-state index in [0.717, 1.165) is 0 Å². The van der Waals surface area contributed by atoms with Crippen LogP contribution in [0.2, 0.25) is 0 Å². The highest BCUT2D eigenvalue weighted by molar-refractivity contribution is 6.41. The SMILES string of the molecule is NC(=O)C(=O)c1ccc[nH]1. The molecule has 0 saturated carbocycles. The van der Waals surface area contributed by atoms with E-state index in [-0.39, 0.29) is 5.69 Å². The molecule has 0 radical (unpaired) electrons. The molecule has 0 saturated heterocycles. The lowest BCUT2D eigenvalue weighted by Crippen LogP contribution is -2.23. The van der Waals surface area contributed by atoms with E-state index in [2.05, 4.69) is 4.98 Å². The standard InChI is InChI=1S/C6H6N2O2/c7-6(10)5(9)4-2-1-3-8-4/h1-3,8H,(H2,7,10). The average Bonchev–Trinajstić information content (AvgIpc) is 2.36. The largest absolute Gasteiger partial charge is 0.363 e. The Morgan fingerprint density at radius 1 is 1.50 bits per heavy atom. The van der Waals surface area contributed by atoms with Crippen LogP contribution >= 0.6 is 0 Å². The van der Waals surface area contributed by atoms with Gasteiger partial charge in [-0.15, -0.1) is 0 Å². The van der Waals surface area contributed by atoms with Crippen molar-refractivity contribution in [3.05, 3.63) is 24.0 Å². The summed E-state index contributed by atoms with van der Waals surface area (Å²) in [6.45, 7) is 0. The number of carbonyl (C=O) groups excluding carboxylic acids is 2. The molecule has 1 heterocycles. The van der Waals surface area contributed by atoms with Crippen molar-refractivity contribution in [2.75, 3.05) is 0 Å². The van der Waals surface area contributed by atoms with E-state index in [1.807, 2.05) is 0 Å². The van der Waals surface area contributed by atoms with Gasteiger partial charge in [0, 0.05) is 6.20 Å². The van der Waals surface area contributed by atoms with Crippen LogP contribution in [0.1, 0.15) is 10.5 Å². The van der Waals surface area contributed by atoms with E-state index >= 15 is 0 Å². The molecule has 0 spiro atoms. The van der Waals surface area contributed by atoms with Gasteiger partial charge in [0.1, 0.15) is 0 Å². The van der Waals surface area contributed by atoms with Crippen LogP contribution < -0.4 is 5.73 Å². The van der Waals surface area contributed by atoms with E-state index in [0.29, 0.717) is 0 Å². The topological polar surface area (TPSA) is 76.0 Å². The first-order chi connectivity index (χ1) is 4.72. The van der Waals surface area contributed by atoms with Gasteiger partial charge in [-0.05, 0) is 12.1 Å². The third-order valence-electron chi connectivity index (χ3n) is 1.07. The Bertz CT molecular complexity index is 251. The van der Waals surface area contributed by atoms with Crippen LogP contribution in [0.3, 0.4) is 0 Å². The fourth-order valence-corrected chi connectivity index (χ4v) is 0.604. The zero-order valence-corrected chi connectivity index (χ0v) is 5.13. The van der Waals surface area contributed by atoms with Gasteiger partial charge < -0.3 is 10.7 Å². The molecule has 10 heavy (non-hydrogen) atoms. The van der Waals surface area contributed by atoms with Crippen LogP contribution in [0.4, 0.5) is 0 Å². The molecule has 1 rings (SSSR count). The van der Waals surface area contributed by atoms with E-state index in [1.54, 1.807) is 12.3 Å². The highest BCUT2D eigenvalue weighted by Crippen LogP contribution is 1.94. The Morgan fingerprint density at radius 2 is 2.20 bits per heavy atom. The van der Waals surface area contributed by atoms with Crippen LogP contribution in [0.5, 0.6) is 0 Å². The van der Waals surface area contributed by atoms with Gasteiger partial charge in [-0.3, -0.25) is 9.59 Å². The molecule has 52 valence electrons. The molecule has 3 N–H and O–H groups in total. The molecule has 0 aliphatic carbocycles. The summed E-state index contributed by atoms with van der Waals surface area (Å²) in [5.41, 5.74) is 4.95. The van der Waals surface area contributed by atoms with Gasteiger partial charge in [0.15, 0.2) is 0 Å². The molecule has 0 atom stereocenters. The number of hydrogen-bond donors (Lipinski definition) is 2. The van der Waals surface area contributed by atoms with Crippen molar-refractivity contribution < 1.29 is 9.59 Å². The van der Waals surface area contributed by atoms with Gasteiger partial charge in [0.2, 0.25) is 0 Å². The van der Waals surface area contributed by atoms with Gasteiger partial charge in [-0.1, -0.05) is 0 Å². The van der Waals surface area contributed by atoms with Gasteiger partial charge in [0.25, 0.3) is 11.7 Å². The molecule has 1 amide bonds. The molecule has 1 aromatic rings. The first-order valence-corrected chi connectivity index (χ1v) is 2.69. The minimum Gasteiger partial charge on any atom is -0.363 e. The van der Waals surface area contributed by atoms with E-state index in [9.17, 15) is 9.59 Å². The van der Waals surface area contributed by atoms with Crippen molar-refractivity contribution in [3.8, 4) is 0 Å². The first kappa shape index (κ1) is 6.54. The number of primary amides is 1. The second kappa shape index (κ2) is 2.34. The van der Waals surface area contributed by atoms with Crippen LogP contribution in [0.15, 0.2) is 18.3 Å². The van der Waals surface area contributed by atoms with Crippen LogP contribution in [-0.4, -0.2) is 16.7 Å². The number of H-pyrrole nitrogens is 1. The molecule has 0 bridgehead atoms. The predicted octanol–water partition coefficient (Wildman–Crippen LogP) is -0.317. The Kier molecular flexibility index (Phi) is 1.53. The monoisotopic (exact) mass is 138 g/mol. The molecule has 0 aliphatic rings. The summed E-state index contributed by atoms with van der Waals surface area (Å²) in [6.07, 6.45) is 1.55. The molecule has 1 aromatic heterocycles. The Hall–Kier alpha value is -1.58. The van der Waals surface area contributed by atoms with Crippen LogP contribution in [0, 0.1) is 0 Å². The summed E-state index contributed by atoms with van der Waals surface area (Å²) >= 11 is 0. The number of amides is 1. The summed E-state index contributed by atoms with van der Waals surface area (Å²) in [4.78, 5) is 23.5. The zero-order valence-electron chi connectivity index (χ0n) is 5.13. The summed E-state index contributed by atoms with van der Waals surface area (Å²) in [5.74, 6) is -1.63. The number of nitrogens with one attached hydrogen (secondary N) is 1. The number of hydrogen-bond acceptors (Lipinski definition) is 2. The van der Waals surface area contributed by atoms with E-state index in [4.69, 9.17) is 5.73 Å². The first-order valence-electron chi connectivity index (χ1n) is 2.69. The maximum absolute atomic E-state index is 10.7. The number of aromatic nitrogens is 1.